The second-order valence-corrected chi connectivity index (χ2v) is 7.42. The molecule has 26 heavy (non-hydrogen) atoms. The molecule has 2 aromatic carbocycles. The first-order valence-corrected chi connectivity index (χ1v) is 9.93. The van der Waals surface area contributed by atoms with E-state index in [2.05, 4.69) is 98.8 Å². The van der Waals surface area contributed by atoms with E-state index in [1.54, 1.807) is 0 Å². The molecular formula is C26H30. The van der Waals surface area contributed by atoms with E-state index in [0.29, 0.717) is 5.92 Å². The second kappa shape index (κ2) is 9.38. The zero-order valence-corrected chi connectivity index (χ0v) is 16.1. The van der Waals surface area contributed by atoms with Crippen molar-refractivity contribution in [1.29, 1.82) is 0 Å². The van der Waals surface area contributed by atoms with Crippen LogP contribution in [0.3, 0.4) is 0 Å². The number of hydrogen-bond donors (Lipinski definition) is 0. The summed E-state index contributed by atoms with van der Waals surface area (Å²) in [5, 5.41) is 0. The summed E-state index contributed by atoms with van der Waals surface area (Å²) in [4.78, 5) is 0. The van der Waals surface area contributed by atoms with Crippen LogP contribution in [0.25, 0.3) is 5.57 Å². The van der Waals surface area contributed by atoms with E-state index in [4.69, 9.17) is 0 Å². The molecule has 0 saturated carbocycles. The summed E-state index contributed by atoms with van der Waals surface area (Å²) in [5.74, 6) is 1.30. The lowest BCUT2D eigenvalue weighted by atomic mass is 9.80. The van der Waals surface area contributed by atoms with Crippen LogP contribution in [0.1, 0.15) is 56.6 Å². The fourth-order valence-electron chi connectivity index (χ4n) is 3.77. The van der Waals surface area contributed by atoms with E-state index in [1.807, 2.05) is 0 Å². The van der Waals surface area contributed by atoms with Gasteiger partial charge in [0, 0.05) is 0 Å². The molecule has 0 saturated heterocycles. The number of allylic oxidation sites excluding steroid dienone is 6. The van der Waals surface area contributed by atoms with Gasteiger partial charge in [-0.1, -0.05) is 105 Å². The lowest BCUT2D eigenvalue weighted by molar-refractivity contribution is 0.458. The molecule has 0 amide bonds. The van der Waals surface area contributed by atoms with E-state index in [1.165, 1.54) is 35.1 Å². The van der Waals surface area contributed by atoms with Crippen LogP contribution in [0.2, 0.25) is 0 Å². The fourth-order valence-corrected chi connectivity index (χ4v) is 3.77. The third-order valence-corrected chi connectivity index (χ3v) is 5.50. The van der Waals surface area contributed by atoms with Gasteiger partial charge in [0.05, 0.1) is 0 Å². The Morgan fingerprint density at radius 1 is 0.923 bits per heavy atom. The molecule has 134 valence electrons. The highest BCUT2D eigenvalue weighted by atomic mass is 14.2. The van der Waals surface area contributed by atoms with Crippen molar-refractivity contribution in [2.45, 2.75) is 45.4 Å². The van der Waals surface area contributed by atoms with Gasteiger partial charge in [0.25, 0.3) is 0 Å². The van der Waals surface area contributed by atoms with Gasteiger partial charge in [-0.2, -0.15) is 0 Å². The normalized spacial score (nSPS) is 17.8. The zero-order chi connectivity index (χ0) is 18.2. The van der Waals surface area contributed by atoms with Crippen LogP contribution in [0.4, 0.5) is 0 Å². The van der Waals surface area contributed by atoms with Gasteiger partial charge in [0.2, 0.25) is 0 Å². The quantitative estimate of drug-likeness (QED) is 0.487. The fraction of sp³-hybridized carbons (Fsp3) is 0.308. The van der Waals surface area contributed by atoms with Crippen molar-refractivity contribution in [3.8, 4) is 0 Å². The maximum Gasteiger partial charge on any atom is -0.00914 e. The monoisotopic (exact) mass is 342 g/mol. The third kappa shape index (κ3) is 4.85. The molecule has 0 N–H and O–H groups in total. The number of benzene rings is 2. The average Bonchev–Trinajstić information content (AvgIpc) is 2.72. The van der Waals surface area contributed by atoms with Gasteiger partial charge in [-0.25, -0.2) is 0 Å². The molecule has 0 radical (unpaired) electrons. The summed E-state index contributed by atoms with van der Waals surface area (Å²) >= 11 is 0. The summed E-state index contributed by atoms with van der Waals surface area (Å²) in [6.45, 7) is 4.69. The van der Waals surface area contributed by atoms with Gasteiger partial charge in [0.15, 0.2) is 0 Å². The maximum absolute atomic E-state index is 2.38. The molecule has 0 spiro atoms. The first-order chi connectivity index (χ1) is 12.8. The van der Waals surface area contributed by atoms with Crippen LogP contribution in [-0.2, 0) is 0 Å². The van der Waals surface area contributed by atoms with Crippen molar-refractivity contribution in [2.75, 3.05) is 0 Å². The van der Waals surface area contributed by atoms with E-state index in [9.17, 15) is 0 Å². The highest BCUT2D eigenvalue weighted by Crippen LogP contribution is 2.37. The number of hydrogen-bond acceptors (Lipinski definition) is 0. The Morgan fingerprint density at radius 2 is 1.62 bits per heavy atom. The Labute approximate surface area is 159 Å². The van der Waals surface area contributed by atoms with Crippen LogP contribution >= 0.6 is 0 Å². The van der Waals surface area contributed by atoms with Crippen molar-refractivity contribution < 1.29 is 0 Å². The molecule has 0 fully saturated rings. The molecule has 0 heteroatoms. The van der Waals surface area contributed by atoms with Crippen LogP contribution in [0.5, 0.6) is 0 Å². The van der Waals surface area contributed by atoms with Gasteiger partial charge in [-0.15, -0.1) is 0 Å². The Bertz CT molecular complexity index is 762. The Balaban J connectivity index is 1.97. The van der Waals surface area contributed by atoms with Crippen LogP contribution in [-0.4, -0.2) is 0 Å². The van der Waals surface area contributed by atoms with Crippen molar-refractivity contribution in [2.24, 2.45) is 5.92 Å². The van der Waals surface area contributed by atoms with Crippen molar-refractivity contribution in [1.82, 2.24) is 0 Å². The minimum absolute atomic E-state index is 0.563. The molecule has 3 rings (SSSR count). The van der Waals surface area contributed by atoms with Crippen LogP contribution in [0.15, 0.2) is 90.5 Å². The summed E-state index contributed by atoms with van der Waals surface area (Å²) < 4.78 is 0. The first kappa shape index (κ1) is 18.5. The second-order valence-electron chi connectivity index (χ2n) is 7.42. The lowest BCUT2D eigenvalue weighted by Gasteiger charge is -2.24. The Hall–Kier alpha value is -2.34. The molecule has 0 heterocycles. The minimum atomic E-state index is 0.563. The van der Waals surface area contributed by atoms with Gasteiger partial charge in [-0.3, -0.25) is 0 Å². The summed E-state index contributed by atoms with van der Waals surface area (Å²) in [6, 6.07) is 22.0. The Kier molecular flexibility index (Phi) is 6.66. The molecular weight excluding hydrogens is 312 g/mol. The molecule has 2 unspecified atom stereocenters. The SMILES string of the molecule is CCC(C)CC(C/C(=C1/C=CC=CC1)c1ccccc1)c1ccccc1. The standard InChI is InChI=1S/C26H30/c1-3-21(2)19-25(22-13-7-4-8-14-22)20-26(23-15-9-5-10-16-23)24-17-11-6-12-18-24/h4-17,21,25H,3,18-20H2,1-2H3/b26-24+. The van der Waals surface area contributed by atoms with E-state index < -0.39 is 0 Å². The molecule has 0 nitrogen and oxygen atoms in total. The van der Waals surface area contributed by atoms with Crippen LogP contribution < -0.4 is 0 Å². The molecule has 0 aliphatic heterocycles. The molecule has 2 aromatic rings. The van der Waals surface area contributed by atoms with E-state index >= 15 is 0 Å². The minimum Gasteiger partial charge on any atom is -0.0801 e. The van der Waals surface area contributed by atoms with Gasteiger partial charge in [-0.05, 0) is 53.4 Å². The topological polar surface area (TPSA) is 0 Å². The average molecular weight is 343 g/mol. The van der Waals surface area contributed by atoms with Crippen molar-refractivity contribution in [3.05, 3.63) is 102 Å². The summed E-state index contributed by atoms with van der Waals surface area (Å²) in [5.41, 5.74) is 5.80. The van der Waals surface area contributed by atoms with Gasteiger partial charge in [0.1, 0.15) is 0 Å². The largest absolute Gasteiger partial charge is 0.0801 e. The third-order valence-electron chi connectivity index (χ3n) is 5.50. The van der Waals surface area contributed by atoms with Crippen LogP contribution in [0, 0.1) is 5.92 Å². The summed E-state index contributed by atoms with van der Waals surface area (Å²) in [6.07, 6.45) is 13.5. The van der Waals surface area contributed by atoms with Crippen molar-refractivity contribution >= 4 is 5.57 Å². The maximum atomic E-state index is 2.38. The molecule has 2 atom stereocenters. The highest BCUT2D eigenvalue weighted by molar-refractivity contribution is 5.72. The molecule has 0 aromatic heterocycles. The van der Waals surface area contributed by atoms with E-state index in [-0.39, 0.29) is 0 Å². The van der Waals surface area contributed by atoms with E-state index in [0.717, 1.165) is 18.8 Å². The predicted molar refractivity (Wildman–Crippen MR) is 114 cm³/mol. The van der Waals surface area contributed by atoms with Gasteiger partial charge < -0.3 is 0 Å². The summed E-state index contributed by atoms with van der Waals surface area (Å²) in [7, 11) is 0. The highest BCUT2D eigenvalue weighted by Gasteiger charge is 2.19. The Morgan fingerprint density at radius 3 is 2.23 bits per heavy atom. The molecule has 1 aliphatic rings. The number of rotatable bonds is 7. The first-order valence-electron chi connectivity index (χ1n) is 9.93. The lowest BCUT2D eigenvalue weighted by Crippen LogP contribution is -2.07. The smallest absolute Gasteiger partial charge is 0.00914 e. The zero-order valence-electron chi connectivity index (χ0n) is 16.1. The molecule has 1 aliphatic carbocycles. The molecule has 0 bridgehead atoms. The predicted octanol–water partition coefficient (Wildman–Crippen LogP) is 7.57. The van der Waals surface area contributed by atoms with Gasteiger partial charge >= 0.3 is 0 Å². The van der Waals surface area contributed by atoms with Crippen molar-refractivity contribution in [3.63, 3.8) is 0 Å².